The number of rotatable bonds is 6. The normalized spacial score (nSPS) is 11.7. The van der Waals surface area contributed by atoms with Crippen molar-refractivity contribution in [1.82, 2.24) is 24.1 Å². The second-order valence-electron chi connectivity index (χ2n) is 16.3. The van der Waals surface area contributed by atoms with Gasteiger partial charge in [0.15, 0.2) is 28.6 Å². The third kappa shape index (κ3) is 5.71. The Morgan fingerprint density at radius 1 is 0.369 bits per heavy atom. The summed E-state index contributed by atoms with van der Waals surface area (Å²) in [7, 11) is 0. The van der Waals surface area contributed by atoms with Crippen LogP contribution in [0.3, 0.4) is 0 Å². The van der Waals surface area contributed by atoms with Crippen LogP contribution in [0.4, 0.5) is 0 Å². The van der Waals surface area contributed by atoms with Gasteiger partial charge in [-0.15, -0.1) is 0 Å². The predicted molar refractivity (Wildman–Crippen MR) is 262 cm³/mol. The van der Waals surface area contributed by atoms with Crippen molar-refractivity contribution in [3.8, 4) is 62.7 Å². The molecule has 0 fully saturated rings. The fraction of sp³-hybridized carbons (Fsp3) is 0. The van der Waals surface area contributed by atoms with Crippen molar-refractivity contribution in [1.29, 1.82) is 5.26 Å². The van der Waals surface area contributed by atoms with Crippen LogP contribution in [0.2, 0.25) is 0 Å². The fourth-order valence-electron chi connectivity index (χ4n) is 9.66. The molecule has 0 amide bonds. The number of hydrogen-bond acceptors (Lipinski definition) is 5. The number of benzene rings is 9. The van der Waals surface area contributed by atoms with Gasteiger partial charge in [0.05, 0.1) is 33.3 Å². The topological polar surface area (TPSA) is 85.5 Å². The van der Waals surface area contributed by atoms with Gasteiger partial charge >= 0.3 is 0 Å². The predicted octanol–water partition coefficient (Wildman–Crippen LogP) is 14.5. The van der Waals surface area contributed by atoms with E-state index in [0.717, 1.165) is 99.2 Å². The molecule has 0 saturated carbocycles. The summed E-state index contributed by atoms with van der Waals surface area (Å²) in [5.41, 5.74) is 12.4. The molecule has 0 saturated heterocycles. The molecule has 7 heteroatoms. The maximum absolute atomic E-state index is 11.0. The van der Waals surface area contributed by atoms with Crippen LogP contribution < -0.4 is 0 Å². The largest absolute Gasteiger partial charge is 0.452 e. The number of para-hydroxylation sites is 3. The Hall–Kier alpha value is -9.12. The van der Waals surface area contributed by atoms with E-state index in [2.05, 4.69) is 130 Å². The summed E-state index contributed by atoms with van der Waals surface area (Å²) in [5, 5.41) is 17.5. The lowest BCUT2D eigenvalue weighted by Gasteiger charge is -2.13. The molecule has 13 rings (SSSR count). The lowest BCUT2D eigenvalue weighted by atomic mass is 10.0. The zero-order chi connectivity index (χ0) is 43.0. The minimum Gasteiger partial charge on any atom is -0.452 e. The van der Waals surface area contributed by atoms with Gasteiger partial charge in [0.25, 0.3) is 0 Å². The Morgan fingerprint density at radius 2 is 0.846 bits per heavy atom. The summed E-state index contributed by atoms with van der Waals surface area (Å²) in [5.74, 6) is 1.57. The van der Waals surface area contributed by atoms with Gasteiger partial charge in [-0.3, -0.25) is 0 Å². The third-order valence-corrected chi connectivity index (χ3v) is 12.6. The van der Waals surface area contributed by atoms with E-state index < -0.39 is 0 Å². The number of furan rings is 1. The maximum atomic E-state index is 11.0. The Bertz CT molecular complexity index is 4070. The van der Waals surface area contributed by atoms with Gasteiger partial charge in [-0.2, -0.15) is 5.26 Å². The smallest absolute Gasteiger partial charge is 0.164 e. The standard InChI is InChI=1S/C58H34N6O/c59-35-41-34-40(58-61-56(37-17-6-2-7-18-37)60-57(62-58)39-20-14-19-38(33-39)36-15-4-1-5-16-36)27-32-49(41)64-51-26-13-11-24-44(51)46-29-31-48-47-30-28-45-43-23-10-12-25-50(43)63(42-21-8-3-9-22-42)52(45)54(47)65-55(48)53(46)64/h1-34H. The maximum Gasteiger partial charge on any atom is 0.164 e. The van der Waals surface area contributed by atoms with Gasteiger partial charge in [-0.05, 0) is 71.8 Å². The van der Waals surface area contributed by atoms with E-state index in [1.807, 2.05) is 91.0 Å². The first kappa shape index (κ1) is 36.5. The van der Waals surface area contributed by atoms with Crippen LogP contribution in [0.5, 0.6) is 0 Å². The molecule has 4 heterocycles. The lowest BCUT2D eigenvalue weighted by molar-refractivity contribution is 0.673. The van der Waals surface area contributed by atoms with Gasteiger partial charge in [-0.1, -0.05) is 146 Å². The minimum absolute atomic E-state index is 0.471. The number of nitrogens with zero attached hydrogens (tertiary/aromatic N) is 6. The summed E-state index contributed by atoms with van der Waals surface area (Å²) in [6.07, 6.45) is 0. The average molecular weight is 831 g/mol. The molecule has 13 aromatic rings. The Kier molecular flexibility index (Phi) is 8.14. The molecule has 0 radical (unpaired) electrons. The molecule has 0 aliphatic heterocycles. The molecule has 0 unspecified atom stereocenters. The molecule has 0 bridgehead atoms. The molecule has 0 N–H and O–H groups in total. The lowest BCUT2D eigenvalue weighted by Crippen LogP contribution is -2.02. The molecule has 65 heavy (non-hydrogen) atoms. The van der Waals surface area contributed by atoms with Gasteiger partial charge in [0, 0.05) is 54.7 Å². The summed E-state index contributed by atoms with van der Waals surface area (Å²) in [6, 6.07) is 73.0. The summed E-state index contributed by atoms with van der Waals surface area (Å²) in [6.45, 7) is 0. The first-order valence-corrected chi connectivity index (χ1v) is 21.6. The van der Waals surface area contributed by atoms with Crippen LogP contribution in [0.1, 0.15) is 5.56 Å². The SMILES string of the molecule is N#Cc1cc(-c2nc(-c3ccccc3)nc(-c3cccc(-c4ccccc4)c3)n2)ccc1-n1c2ccccc2c2ccc3c4ccc5c6ccccc6n(-c6ccccc6)c5c4oc3c21. The van der Waals surface area contributed by atoms with Crippen LogP contribution in [-0.2, 0) is 0 Å². The highest BCUT2D eigenvalue weighted by molar-refractivity contribution is 6.26. The van der Waals surface area contributed by atoms with Crippen LogP contribution in [0.15, 0.2) is 211 Å². The highest BCUT2D eigenvalue weighted by atomic mass is 16.3. The minimum atomic E-state index is 0.471. The summed E-state index contributed by atoms with van der Waals surface area (Å²) >= 11 is 0. The van der Waals surface area contributed by atoms with E-state index >= 15 is 0 Å². The van der Waals surface area contributed by atoms with Crippen molar-refractivity contribution in [3.05, 3.63) is 212 Å². The quantitative estimate of drug-likeness (QED) is 0.167. The van der Waals surface area contributed by atoms with E-state index in [1.165, 1.54) is 0 Å². The monoisotopic (exact) mass is 830 g/mol. The van der Waals surface area contributed by atoms with Crippen molar-refractivity contribution >= 4 is 65.6 Å². The Labute approximate surface area is 372 Å². The average Bonchev–Trinajstić information content (AvgIpc) is 4.05. The number of fused-ring (bicyclic) bond motifs is 11. The molecular formula is C58H34N6O. The van der Waals surface area contributed by atoms with Crippen molar-refractivity contribution in [2.24, 2.45) is 0 Å². The third-order valence-electron chi connectivity index (χ3n) is 12.6. The molecule has 0 atom stereocenters. The zero-order valence-corrected chi connectivity index (χ0v) is 34.7. The highest BCUT2D eigenvalue weighted by Crippen LogP contribution is 2.45. The van der Waals surface area contributed by atoms with E-state index in [4.69, 9.17) is 19.4 Å². The fourth-order valence-corrected chi connectivity index (χ4v) is 9.66. The molecule has 9 aromatic carbocycles. The first-order chi connectivity index (χ1) is 32.2. The molecule has 4 aromatic heterocycles. The second-order valence-corrected chi connectivity index (χ2v) is 16.3. The molecule has 7 nitrogen and oxygen atoms in total. The molecule has 302 valence electrons. The molecule has 0 aliphatic carbocycles. The van der Waals surface area contributed by atoms with Gasteiger partial charge in [-0.25, -0.2) is 15.0 Å². The molecule has 0 spiro atoms. The van der Waals surface area contributed by atoms with Crippen molar-refractivity contribution in [3.63, 3.8) is 0 Å². The second kappa shape index (κ2) is 14.5. The number of hydrogen-bond donors (Lipinski definition) is 0. The summed E-state index contributed by atoms with van der Waals surface area (Å²) < 4.78 is 11.7. The number of aromatic nitrogens is 5. The van der Waals surface area contributed by atoms with E-state index in [1.54, 1.807) is 0 Å². The Morgan fingerprint density at radius 3 is 1.48 bits per heavy atom. The van der Waals surface area contributed by atoms with Crippen LogP contribution in [0.25, 0.3) is 122 Å². The van der Waals surface area contributed by atoms with E-state index in [0.29, 0.717) is 28.6 Å². The summed E-state index contributed by atoms with van der Waals surface area (Å²) in [4.78, 5) is 15.1. The van der Waals surface area contributed by atoms with E-state index in [9.17, 15) is 5.26 Å². The van der Waals surface area contributed by atoms with Crippen LogP contribution in [-0.4, -0.2) is 24.1 Å². The Balaban J connectivity index is 1.03. The highest BCUT2D eigenvalue weighted by Gasteiger charge is 2.24. The van der Waals surface area contributed by atoms with Crippen LogP contribution >= 0.6 is 0 Å². The first-order valence-electron chi connectivity index (χ1n) is 21.6. The van der Waals surface area contributed by atoms with E-state index in [-0.39, 0.29) is 0 Å². The van der Waals surface area contributed by atoms with Gasteiger partial charge in [0.2, 0.25) is 0 Å². The number of nitriles is 1. The van der Waals surface area contributed by atoms with Crippen molar-refractivity contribution in [2.75, 3.05) is 0 Å². The zero-order valence-electron chi connectivity index (χ0n) is 34.7. The van der Waals surface area contributed by atoms with Crippen molar-refractivity contribution in [2.45, 2.75) is 0 Å². The van der Waals surface area contributed by atoms with Crippen LogP contribution in [0, 0.1) is 11.3 Å². The van der Waals surface area contributed by atoms with Gasteiger partial charge < -0.3 is 13.6 Å². The molecular weight excluding hydrogens is 797 g/mol. The molecule has 0 aliphatic rings. The van der Waals surface area contributed by atoms with Gasteiger partial charge in [0.1, 0.15) is 6.07 Å². The van der Waals surface area contributed by atoms with Crippen molar-refractivity contribution < 1.29 is 4.42 Å².